The summed E-state index contributed by atoms with van der Waals surface area (Å²) in [5, 5.41) is 13.6. The monoisotopic (exact) mass is 589 g/mol. The standard InChI is InChI=1S/C28H35N3O9S/c1-4-40-23-16-18(13-14-22(23)39-2)21(17-41(3,37)38)31-26(33)19-10-9-11-20(25(19)27(31)34)30-24(32)12-7-5-6-8-15-29-28(35)36/h9-11,13-14,16,21,29H,4-8,12,15,17H2,1-3H3,(H,30,32)(H,35,36). The van der Waals surface area contributed by atoms with Gasteiger partial charge in [-0.2, -0.15) is 0 Å². The van der Waals surface area contributed by atoms with Crippen LogP contribution in [-0.2, 0) is 14.6 Å². The number of hydrogen-bond acceptors (Lipinski definition) is 8. The van der Waals surface area contributed by atoms with Gasteiger partial charge in [0, 0.05) is 19.2 Å². The molecule has 12 nitrogen and oxygen atoms in total. The molecule has 0 saturated heterocycles. The first-order chi connectivity index (χ1) is 19.5. The molecule has 0 saturated carbocycles. The van der Waals surface area contributed by atoms with E-state index in [1.807, 2.05) is 0 Å². The van der Waals surface area contributed by atoms with Gasteiger partial charge in [0.15, 0.2) is 11.5 Å². The normalized spacial score (nSPS) is 13.5. The van der Waals surface area contributed by atoms with Gasteiger partial charge in [0.25, 0.3) is 11.8 Å². The average molecular weight is 590 g/mol. The first kappa shape index (κ1) is 31.4. The fraction of sp³-hybridized carbons (Fsp3) is 0.429. The van der Waals surface area contributed by atoms with Crippen molar-refractivity contribution in [2.75, 3.05) is 37.6 Å². The molecule has 2 aromatic carbocycles. The number of hydrogen-bond donors (Lipinski definition) is 3. The smallest absolute Gasteiger partial charge is 0.404 e. The zero-order valence-corrected chi connectivity index (χ0v) is 24.1. The Morgan fingerprint density at radius 1 is 1.02 bits per heavy atom. The lowest BCUT2D eigenvalue weighted by Gasteiger charge is -2.27. The van der Waals surface area contributed by atoms with E-state index in [9.17, 15) is 27.6 Å². The second-order valence-electron chi connectivity index (χ2n) is 9.60. The van der Waals surface area contributed by atoms with Gasteiger partial charge < -0.3 is 25.2 Å². The topological polar surface area (TPSA) is 168 Å². The summed E-state index contributed by atoms with van der Waals surface area (Å²) in [7, 11) is -2.19. The molecule has 0 aliphatic carbocycles. The number of carbonyl (C=O) groups is 4. The van der Waals surface area contributed by atoms with Crippen LogP contribution in [0.2, 0.25) is 0 Å². The van der Waals surface area contributed by atoms with Crippen LogP contribution in [0.5, 0.6) is 11.5 Å². The lowest BCUT2D eigenvalue weighted by molar-refractivity contribution is -0.116. The summed E-state index contributed by atoms with van der Waals surface area (Å²) in [6.07, 6.45) is 2.79. The predicted molar refractivity (Wildman–Crippen MR) is 151 cm³/mol. The Hall–Kier alpha value is -4.13. The maximum absolute atomic E-state index is 13.7. The lowest BCUT2D eigenvalue weighted by Crippen LogP contribution is -2.37. The van der Waals surface area contributed by atoms with Gasteiger partial charge in [-0.3, -0.25) is 19.3 Å². The van der Waals surface area contributed by atoms with Crippen LogP contribution in [0.25, 0.3) is 0 Å². The zero-order valence-electron chi connectivity index (χ0n) is 23.3. The van der Waals surface area contributed by atoms with Gasteiger partial charge in [-0.1, -0.05) is 25.0 Å². The SMILES string of the molecule is CCOc1cc(C(CS(C)(=O)=O)N2C(=O)c3cccc(NC(=O)CCCCCCNC(=O)O)c3C2=O)ccc1OC. The van der Waals surface area contributed by atoms with Crippen LogP contribution in [0.3, 0.4) is 0 Å². The molecule has 222 valence electrons. The number of fused-ring (bicyclic) bond motifs is 1. The molecule has 1 atom stereocenters. The summed E-state index contributed by atoms with van der Waals surface area (Å²) in [6, 6.07) is 8.11. The summed E-state index contributed by atoms with van der Waals surface area (Å²) >= 11 is 0. The van der Waals surface area contributed by atoms with E-state index in [0.717, 1.165) is 17.6 Å². The maximum Gasteiger partial charge on any atom is 0.404 e. The molecule has 2 aromatic rings. The van der Waals surface area contributed by atoms with E-state index < -0.39 is 39.5 Å². The van der Waals surface area contributed by atoms with Gasteiger partial charge in [0.1, 0.15) is 9.84 Å². The van der Waals surface area contributed by atoms with Crippen LogP contribution in [-0.4, -0.2) is 74.5 Å². The van der Waals surface area contributed by atoms with E-state index in [2.05, 4.69) is 10.6 Å². The van der Waals surface area contributed by atoms with Crippen molar-refractivity contribution in [3.05, 3.63) is 53.1 Å². The van der Waals surface area contributed by atoms with Gasteiger partial charge in [-0.05, 0) is 49.6 Å². The van der Waals surface area contributed by atoms with Crippen molar-refractivity contribution in [2.24, 2.45) is 0 Å². The van der Waals surface area contributed by atoms with E-state index >= 15 is 0 Å². The first-order valence-electron chi connectivity index (χ1n) is 13.2. The van der Waals surface area contributed by atoms with Crippen molar-refractivity contribution in [2.45, 2.75) is 45.1 Å². The van der Waals surface area contributed by atoms with Gasteiger partial charge >= 0.3 is 6.09 Å². The van der Waals surface area contributed by atoms with Crippen LogP contribution in [0.1, 0.15) is 71.3 Å². The Bertz CT molecular complexity index is 1410. The summed E-state index contributed by atoms with van der Waals surface area (Å²) in [5.74, 6) is -1.48. The first-order valence-corrected chi connectivity index (χ1v) is 15.3. The average Bonchev–Trinajstić information content (AvgIpc) is 3.16. The third-order valence-electron chi connectivity index (χ3n) is 6.47. The predicted octanol–water partition coefficient (Wildman–Crippen LogP) is 3.63. The molecule has 13 heteroatoms. The summed E-state index contributed by atoms with van der Waals surface area (Å²) in [4.78, 5) is 51.3. The number of unbranched alkanes of at least 4 members (excludes halogenated alkanes) is 3. The highest BCUT2D eigenvalue weighted by molar-refractivity contribution is 7.90. The molecule has 0 aromatic heterocycles. The van der Waals surface area contributed by atoms with Crippen LogP contribution >= 0.6 is 0 Å². The van der Waals surface area contributed by atoms with Crippen molar-refractivity contribution >= 4 is 39.3 Å². The third-order valence-corrected chi connectivity index (χ3v) is 7.39. The Morgan fingerprint density at radius 3 is 2.41 bits per heavy atom. The molecule has 1 heterocycles. The van der Waals surface area contributed by atoms with E-state index in [1.165, 1.54) is 19.2 Å². The van der Waals surface area contributed by atoms with Gasteiger partial charge in [-0.15, -0.1) is 0 Å². The molecule has 0 radical (unpaired) electrons. The summed E-state index contributed by atoms with van der Waals surface area (Å²) in [5.41, 5.74) is 0.610. The number of sulfone groups is 1. The maximum atomic E-state index is 13.7. The molecule has 3 N–H and O–H groups in total. The molecule has 1 aliphatic rings. The molecule has 0 spiro atoms. The highest BCUT2D eigenvalue weighted by atomic mass is 32.2. The molecule has 1 unspecified atom stereocenters. The van der Waals surface area contributed by atoms with E-state index in [4.69, 9.17) is 14.6 Å². The number of imide groups is 1. The number of nitrogens with one attached hydrogen (secondary N) is 2. The van der Waals surface area contributed by atoms with E-state index in [0.29, 0.717) is 49.5 Å². The number of ether oxygens (including phenoxy) is 2. The largest absolute Gasteiger partial charge is 0.493 e. The Labute approximate surface area is 238 Å². The van der Waals surface area contributed by atoms with Gasteiger partial charge in [0.2, 0.25) is 5.91 Å². The number of carboxylic acid groups (broad SMARTS) is 1. The van der Waals surface area contributed by atoms with Crippen molar-refractivity contribution in [3.8, 4) is 11.5 Å². The summed E-state index contributed by atoms with van der Waals surface area (Å²) in [6.45, 7) is 2.43. The minimum absolute atomic E-state index is 0.00244. The zero-order chi connectivity index (χ0) is 30.2. The number of carbonyl (C=O) groups excluding carboxylic acids is 3. The Morgan fingerprint density at radius 2 is 1.76 bits per heavy atom. The van der Waals surface area contributed by atoms with Crippen LogP contribution in [0.15, 0.2) is 36.4 Å². The highest BCUT2D eigenvalue weighted by Gasteiger charge is 2.43. The number of methoxy groups -OCH3 is 1. The Kier molecular flexibility index (Phi) is 10.7. The summed E-state index contributed by atoms with van der Waals surface area (Å²) < 4.78 is 35.8. The van der Waals surface area contributed by atoms with Crippen molar-refractivity contribution in [1.29, 1.82) is 0 Å². The van der Waals surface area contributed by atoms with Crippen molar-refractivity contribution in [1.82, 2.24) is 10.2 Å². The van der Waals surface area contributed by atoms with Gasteiger partial charge in [0.05, 0.1) is 42.3 Å². The Balaban J connectivity index is 1.81. The van der Waals surface area contributed by atoms with Crippen molar-refractivity contribution in [3.63, 3.8) is 0 Å². The van der Waals surface area contributed by atoms with Crippen molar-refractivity contribution < 1.29 is 42.2 Å². The fourth-order valence-corrected chi connectivity index (χ4v) is 5.55. The molecule has 3 rings (SSSR count). The molecule has 41 heavy (non-hydrogen) atoms. The minimum Gasteiger partial charge on any atom is -0.493 e. The molecule has 0 bridgehead atoms. The quantitative estimate of drug-likeness (QED) is 0.207. The second-order valence-corrected chi connectivity index (χ2v) is 11.8. The second kappa shape index (κ2) is 14.0. The van der Waals surface area contributed by atoms with Gasteiger partial charge in [-0.25, -0.2) is 13.2 Å². The molecule has 1 aliphatic heterocycles. The molecular weight excluding hydrogens is 554 g/mol. The van der Waals surface area contributed by atoms with Crippen LogP contribution in [0.4, 0.5) is 10.5 Å². The number of anilines is 1. The number of nitrogens with zero attached hydrogens (tertiary/aromatic N) is 1. The number of amides is 4. The number of rotatable bonds is 15. The molecule has 0 fully saturated rings. The lowest BCUT2D eigenvalue weighted by atomic mass is 10.1. The third kappa shape index (κ3) is 8.19. The fourth-order valence-electron chi connectivity index (χ4n) is 4.64. The molecule has 4 amide bonds. The number of benzene rings is 2. The minimum atomic E-state index is -3.66. The highest BCUT2D eigenvalue weighted by Crippen LogP contribution is 2.38. The van der Waals surface area contributed by atoms with Crippen LogP contribution in [0, 0.1) is 0 Å². The van der Waals surface area contributed by atoms with Crippen LogP contribution < -0.4 is 20.1 Å². The van der Waals surface area contributed by atoms with E-state index in [1.54, 1.807) is 31.2 Å². The molecular formula is C28H35N3O9S. The van der Waals surface area contributed by atoms with E-state index in [-0.39, 0.29) is 29.1 Å².